The van der Waals surface area contributed by atoms with Gasteiger partial charge in [-0.1, -0.05) is 0 Å². The van der Waals surface area contributed by atoms with Gasteiger partial charge in [0, 0.05) is 0 Å². The van der Waals surface area contributed by atoms with Crippen molar-refractivity contribution < 1.29 is 19.1 Å². The van der Waals surface area contributed by atoms with Crippen LogP contribution in [-0.2, 0) is 9.30 Å². The van der Waals surface area contributed by atoms with E-state index in [4.69, 9.17) is 15.5 Å². The average molecular weight is 154 g/mol. The molecule has 0 fully saturated rings. The van der Waals surface area contributed by atoms with Gasteiger partial charge in [-0.3, -0.25) is 0 Å². The first kappa shape index (κ1) is 8.42. The molecule has 0 aromatic rings. The third-order valence-electron chi connectivity index (χ3n) is 0.438. The van der Waals surface area contributed by atoms with Crippen LogP contribution in [0.4, 0.5) is 0 Å². The Labute approximate surface area is 51.6 Å². The van der Waals surface area contributed by atoms with E-state index in [1.54, 1.807) is 0 Å². The fraction of sp³-hybridized carbons (Fsp3) is 0.500. The van der Waals surface area contributed by atoms with Gasteiger partial charge in [0.1, 0.15) is 0 Å². The van der Waals surface area contributed by atoms with Crippen molar-refractivity contribution in [2.45, 2.75) is 0 Å². The maximum atomic E-state index is 9.95. The Kier molecular flexibility index (Phi) is 2.64. The molecule has 0 aromatic carbocycles. The second kappa shape index (κ2) is 2.82. The Morgan fingerprint density at radius 2 is 2.22 bits per heavy atom. The summed E-state index contributed by atoms with van der Waals surface area (Å²) in [7, 11) is -3.24. The average Bonchev–Trinajstić information content (AvgIpc) is 1.62. The highest BCUT2D eigenvalue weighted by molar-refractivity contribution is 7.50. The zero-order valence-corrected chi connectivity index (χ0v) is 5.58. The van der Waals surface area contributed by atoms with Crippen molar-refractivity contribution in [3.63, 3.8) is 0 Å². The van der Waals surface area contributed by atoms with Crippen LogP contribution in [0.1, 0.15) is 0 Å². The molecule has 0 atom stereocenters. The minimum Gasteiger partial charge on any atom is -0.468 e. The van der Waals surface area contributed by atoms with E-state index in [9.17, 15) is 4.57 Å². The lowest BCUT2D eigenvalue weighted by Gasteiger charge is -1.97. The predicted molar refractivity (Wildman–Crippen MR) is 30.7 cm³/mol. The molecule has 0 bridgehead atoms. The van der Waals surface area contributed by atoms with Crippen molar-refractivity contribution in [2.75, 3.05) is 7.11 Å². The minimum absolute atomic E-state index is 0.525. The molecule has 54 valence electrons. The summed E-state index contributed by atoms with van der Waals surface area (Å²) in [6, 6.07) is -0.525. The molecule has 0 spiro atoms. The van der Waals surface area contributed by atoms with Gasteiger partial charge >= 0.3 is 7.75 Å². The monoisotopic (exact) mass is 154 g/mol. The topological polar surface area (TPSA) is 105 Å². The molecule has 0 radical (unpaired) electrons. The third kappa shape index (κ3) is 5.29. The quantitative estimate of drug-likeness (QED) is 0.256. The largest absolute Gasteiger partial charge is 0.468 e. The lowest BCUT2D eigenvalue weighted by molar-refractivity contribution is 0.365. The Bertz CT molecular complexity index is 160. The summed E-state index contributed by atoms with van der Waals surface area (Å²) < 4.78 is 16.8. The third-order valence-corrected chi connectivity index (χ3v) is 0.896. The van der Waals surface area contributed by atoms with E-state index in [0.717, 1.165) is 7.11 Å². The fourth-order valence-electron chi connectivity index (χ4n) is 0.169. The van der Waals surface area contributed by atoms with E-state index in [1.807, 2.05) is 0 Å². The molecule has 0 amide bonds. The van der Waals surface area contributed by atoms with Crippen molar-refractivity contribution in [1.82, 2.24) is 0 Å². The van der Waals surface area contributed by atoms with E-state index < -0.39 is 13.8 Å². The van der Waals surface area contributed by atoms with Gasteiger partial charge < -0.3 is 20.3 Å². The fourth-order valence-corrected chi connectivity index (χ4v) is 0.508. The van der Waals surface area contributed by atoms with Gasteiger partial charge in [0.2, 0.25) is 0 Å². The molecule has 0 rings (SSSR count). The van der Waals surface area contributed by atoms with Crippen LogP contribution in [0.5, 0.6) is 0 Å². The van der Waals surface area contributed by atoms with E-state index in [-0.39, 0.29) is 0 Å². The number of nitrogens with two attached hydrogens (primary N) is 1. The molecule has 0 heterocycles. The molecule has 0 saturated carbocycles. The van der Waals surface area contributed by atoms with Crippen molar-refractivity contribution in [3.05, 3.63) is 0 Å². The van der Waals surface area contributed by atoms with Crippen molar-refractivity contribution in [1.29, 1.82) is 0 Å². The Balaban J connectivity index is 4.13. The number of hydrogen-bond acceptors (Lipinski definition) is 2. The lowest BCUT2D eigenvalue weighted by atomic mass is 11.2. The van der Waals surface area contributed by atoms with Gasteiger partial charge in [-0.25, -0.2) is 4.57 Å². The van der Waals surface area contributed by atoms with Crippen LogP contribution in [0.2, 0.25) is 0 Å². The highest BCUT2D eigenvalue weighted by Gasteiger charge is 2.10. The summed E-state index contributed by atoms with van der Waals surface area (Å²) in [5, 5.41) is 0. The summed E-state index contributed by atoms with van der Waals surface area (Å²) in [5.41, 5.74) is 4.79. The van der Waals surface area contributed by atoms with Gasteiger partial charge in [-0.15, -0.1) is 4.76 Å². The van der Waals surface area contributed by atoms with Gasteiger partial charge in [0.05, 0.1) is 7.11 Å². The van der Waals surface area contributed by atoms with E-state index >= 15 is 0 Å². The van der Waals surface area contributed by atoms with Crippen molar-refractivity contribution in [2.24, 2.45) is 10.5 Å². The Morgan fingerprint density at radius 1 is 1.78 bits per heavy atom. The molecule has 9 heavy (non-hydrogen) atoms. The number of rotatable bonds is 1. The van der Waals surface area contributed by atoms with Crippen molar-refractivity contribution >= 4 is 13.8 Å². The minimum atomic E-state index is -4.40. The van der Waals surface area contributed by atoms with Crippen LogP contribution in [0.25, 0.3) is 0 Å². The molecule has 0 aliphatic heterocycles. The molecule has 4 N–H and O–H groups in total. The lowest BCUT2D eigenvalue weighted by Crippen LogP contribution is -2.12. The molecule has 0 aliphatic carbocycles. The summed E-state index contributed by atoms with van der Waals surface area (Å²) >= 11 is 0. The first-order chi connectivity index (χ1) is 3.95. The highest BCUT2D eigenvalue weighted by atomic mass is 31.2. The summed E-state index contributed by atoms with van der Waals surface area (Å²) in [4.78, 5) is 16.2. The zero-order valence-electron chi connectivity index (χ0n) is 4.68. The molecule has 6 nitrogen and oxygen atoms in total. The van der Waals surface area contributed by atoms with Crippen molar-refractivity contribution in [3.8, 4) is 0 Å². The van der Waals surface area contributed by atoms with E-state index in [0.29, 0.717) is 0 Å². The van der Waals surface area contributed by atoms with Crippen LogP contribution in [0, 0.1) is 0 Å². The van der Waals surface area contributed by atoms with E-state index in [2.05, 4.69) is 9.50 Å². The first-order valence-corrected chi connectivity index (χ1v) is 3.47. The molecule has 7 heteroatoms. The molecule has 0 unspecified atom stereocenters. The Hall–Kier alpha value is -0.580. The number of nitrogens with zero attached hydrogens (tertiary/aromatic N) is 1. The number of hydrogen-bond donors (Lipinski definition) is 3. The molecule has 0 saturated heterocycles. The van der Waals surface area contributed by atoms with Crippen LogP contribution < -0.4 is 5.73 Å². The van der Waals surface area contributed by atoms with Gasteiger partial charge in [-0.2, -0.15) is 0 Å². The van der Waals surface area contributed by atoms with Crippen LogP contribution >= 0.6 is 7.75 Å². The highest BCUT2D eigenvalue weighted by Crippen LogP contribution is 2.35. The molecule has 0 aliphatic rings. The number of methoxy groups -OCH3 is 1. The number of ether oxygens (including phenoxy) is 1. The molecular weight excluding hydrogens is 147 g/mol. The predicted octanol–water partition coefficient (Wildman–Crippen LogP) is -0.960. The van der Waals surface area contributed by atoms with Crippen LogP contribution in [-0.4, -0.2) is 22.9 Å². The second-order valence-corrected chi connectivity index (χ2v) is 2.38. The maximum Gasteiger partial charge on any atom is 0.453 e. The van der Waals surface area contributed by atoms with Gasteiger partial charge in [0.15, 0.2) is 0 Å². The molecular formula is C2H7N2O4P. The summed E-state index contributed by atoms with van der Waals surface area (Å²) in [5.74, 6) is 0. The normalized spacial score (nSPS) is 13.4. The summed E-state index contributed by atoms with van der Waals surface area (Å²) in [6.45, 7) is 0. The SMILES string of the molecule is CO/C(N)=N/P(=O)(O)O. The smallest absolute Gasteiger partial charge is 0.453 e. The van der Waals surface area contributed by atoms with Crippen LogP contribution in [0.15, 0.2) is 4.76 Å². The van der Waals surface area contributed by atoms with Gasteiger partial charge in [-0.05, 0) is 0 Å². The van der Waals surface area contributed by atoms with E-state index in [1.165, 1.54) is 0 Å². The Morgan fingerprint density at radius 3 is 2.33 bits per heavy atom. The van der Waals surface area contributed by atoms with Crippen LogP contribution in [0.3, 0.4) is 0 Å². The number of amidine groups is 1. The summed E-state index contributed by atoms with van der Waals surface area (Å²) in [6.07, 6.45) is 0. The standard InChI is InChI=1S/C2H7N2O4P/c1-8-2(3)4-9(5,6)7/h1H3,(H4,3,4,5,6,7). The zero-order chi connectivity index (χ0) is 7.49. The maximum absolute atomic E-state index is 9.95. The first-order valence-electron chi connectivity index (χ1n) is 1.91. The van der Waals surface area contributed by atoms with Gasteiger partial charge in [0.25, 0.3) is 6.02 Å². The molecule has 0 aromatic heterocycles. The second-order valence-electron chi connectivity index (χ2n) is 1.16.